The zero-order valence-electron chi connectivity index (χ0n) is 5.52. The fourth-order valence-corrected chi connectivity index (χ4v) is 0. The van der Waals surface area contributed by atoms with E-state index in [9.17, 15) is 0 Å². The Morgan fingerprint density at radius 3 is 1.00 bits per heavy atom. The third-order valence-corrected chi connectivity index (χ3v) is 0. The van der Waals surface area contributed by atoms with Crippen molar-refractivity contribution in [2.75, 3.05) is 0 Å². The fraction of sp³-hybridized carbons (Fsp3) is 0. The second-order valence-corrected chi connectivity index (χ2v) is 0. The third-order valence-electron chi connectivity index (χ3n) is 0. The molecule has 0 spiro atoms. The Balaban J connectivity index is 0. The van der Waals surface area contributed by atoms with E-state index in [0.717, 1.165) is 0 Å². The molecule has 0 aromatic heterocycles. The van der Waals surface area contributed by atoms with Crippen molar-refractivity contribution in [1.29, 1.82) is 0 Å². The molecular weight excluding hydrogens is 411 g/mol. The summed E-state index contributed by atoms with van der Waals surface area (Å²) in [5.41, 5.74) is 0. The summed E-state index contributed by atoms with van der Waals surface area (Å²) in [6.07, 6.45) is 0. The van der Waals surface area contributed by atoms with Crippen molar-refractivity contribution in [2.24, 2.45) is 0 Å². The first-order valence-electron chi connectivity index (χ1n) is 0. The quantitative estimate of drug-likeness (QED) is 0.323. The first-order chi connectivity index (χ1) is 0. The average molecular weight is 416 g/mol. The Morgan fingerprint density at radius 1 is 1.00 bits per heavy atom. The van der Waals surface area contributed by atoms with Crippen LogP contribution in [0.4, 0.5) is 0 Å². The van der Waals surface area contributed by atoms with Crippen molar-refractivity contribution >= 4 is 71.0 Å². The molecule has 0 radical (unpaired) electrons. The van der Waals surface area contributed by atoms with Crippen LogP contribution in [0.3, 0.4) is 0 Å². The fourth-order valence-electron chi connectivity index (χ4n) is 0. The summed E-state index contributed by atoms with van der Waals surface area (Å²) in [4.78, 5) is 0. The summed E-state index contributed by atoms with van der Waals surface area (Å²) >= 11 is 0. The topological polar surface area (TPSA) is 0 Å². The van der Waals surface area contributed by atoms with E-state index in [0.29, 0.717) is 0 Å². The first-order valence-corrected chi connectivity index (χ1v) is 0. The molecule has 0 aliphatic heterocycles. The van der Waals surface area contributed by atoms with E-state index in [1.54, 1.807) is 0 Å². The van der Waals surface area contributed by atoms with E-state index >= 15 is 0 Å². The largest absolute Gasteiger partial charge is 2.00 e. The molecule has 0 saturated carbocycles. The van der Waals surface area contributed by atoms with Crippen molar-refractivity contribution in [1.82, 2.24) is 0 Å². The molecule has 0 bridgehead atoms. The maximum atomic E-state index is 0. The van der Waals surface area contributed by atoms with Gasteiger partial charge in [-0.3, -0.25) is 0 Å². The van der Waals surface area contributed by atoms with Crippen molar-refractivity contribution in [2.45, 2.75) is 0 Å². The Kier molecular flexibility index (Phi) is 93.9. The molecule has 0 unspecified atom stereocenters. The van der Waals surface area contributed by atoms with Gasteiger partial charge in [-0.1, -0.05) is 0 Å². The van der Waals surface area contributed by atoms with Gasteiger partial charge in [0.25, 0.3) is 0 Å². The van der Waals surface area contributed by atoms with Gasteiger partial charge in [-0.2, -0.15) is 0 Å². The number of rotatable bonds is 0. The van der Waals surface area contributed by atoms with Gasteiger partial charge >= 0.3 is 91.9 Å². The van der Waals surface area contributed by atoms with E-state index in [-0.39, 0.29) is 144 Å². The summed E-state index contributed by atoms with van der Waals surface area (Å²) in [6, 6.07) is 0. The molecule has 0 heterocycles. The van der Waals surface area contributed by atoms with E-state index in [4.69, 9.17) is 0 Å². The zero-order valence-corrected chi connectivity index (χ0v) is 14.9. The molecule has 4 heavy (non-hydrogen) atoms. The molecule has 0 rings (SSSR count). The van der Waals surface area contributed by atoms with Crippen LogP contribution in [0.15, 0.2) is 0 Å². The predicted octanol–water partition coefficient (Wildman–Crippen LogP) is -1.80. The third kappa shape index (κ3) is 9.56. The average Bonchev–Trinajstić information content (AvgIpc) is 0. The van der Waals surface area contributed by atoms with Gasteiger partial charge in [0.2, 0.25) is 0 Å². The second kappa shape index (κ2) is 15.7. The summed E-state index contributed by atoms with van der Waals surface area (Å²) in [6.45, 7) is 0. The van der Waals surface area contributed by atoms with Crippen LogP contribution in [-0.2, 0) is 0 Å². The minimum atomic E-state index is 0. The second-order valence-electron chi connectivity index (χ2n) is 0. The minimum Gasteiger partial charge on any atom is -1.00 e. The van der Waals surface area contributed by atoms with Gasteiger partial charge in [-0.15, -0.1) is 48.0 Å². The molecule has 0 aromatic rings. The molecule has 0 aliphatic rings. The summed E-state index contributed by atoms with van der Waals surface area (Å²) < 4.78 is 0. The number of hydrogen-bond donors (Lipinski definition) is 0. The smallest absolute Gasteiger partial charge is 1.00 e. The van der Waals surface area contributed by atoms with Crippen LogP contribution in [0.5, 0.6) is 0 Å². The van der Waals surface area contributed by atoms with Crippen LogP contribution in [0.25, 0.3) is 0 Å². The van der Waals surface area contributed by atoms with Crippen LogP contribution in [0, 0.1) is 0 Å². The van der Waals surface area contributed by atoms with Crippen LogP contribution in [-0.4, -0.2) is 23.1 Å². The summed E-state index contributed by atoms with van der Waals surface area (Å²) in [5, 5.41) is 0. The van der Waals surface area contributed by atoms with E-state index in [1.807, 2.05) is 0 Å². The van der Waals surface area contributed by atoms with E-state index in [1.165, 1.54) is 0 Å². The van der Waals surface area contributed by atoms with E-state index in [2.05, 4.69) is 0 Å². The van der Waals surface area contributed by atoms with Crippen molar-refractivity contribution in [3.8, 4) is 0 Å². The monoisotopic (exact) mass is 416 g/mol. The maximum Gasteiger partial charge on any atom is 2.00 e. The van der Waals surface area contributed by atoms with Gasteiger partial charge in [-0.05, 0) is 0 Å². The van der Waals surface area contributed by atoms with Gasteiger partial charge < -0.3 is 4.28 Å². The SMILES string of the molecule is I.I.[Cs+].[H-].[H-].[H-].[Mg+2]. The number of hydrogen-bond acceptors (Lipinski definition) is 0. The van der Waals surface area contributed by atoms with Gasteiger partial charge in [0.15, 0.2) is 0 Å². The maximum absolute atomic E-state index is 0. The summed E-state index contributed by atoms with van der Waals surface area (Å²) in [5.74, 6) is 0. The van der Waals surface area contributed by atoms with Gasteiger partial charge in [0, 0.05) is 0 Å². The molecule has 0 nitrogen and oxygen atoms in total. The van der Waals surface area contributed by atoms with Crippen molar-refractivity contribution in [3.63, 3.8) is 0 Å². The Labute approximate surface area is 140 Å². The van der Waals surface area contributed by atoms with Gasteiger partial charge in [0.05, 0.1) is 0 Å². The van der Waals surface area contributed by atoms with Crippen molar-refractivity contribution < 1.29 is 73.2 Å². The normalized spacial score (nSPS) is 0. The molecule has 0 fully saturated rings. The predicted molar refractivity (Wildman–Crippen MR) is 39.9 cm³/mol. The summed E-state index contributed by atoms with van der Waals surface area (Å²) in [7, 11) is 0. The van der Waals surface area contributed by atoms with Crippen LogP contribution in [0.2, 0.25) is 0 Å². The molecule has 0 N–H and O–H groups in total. The Morgan fingerprint density at radius 2 is 1.00 bits per heavy atom. The molecular formula is H5CsI2Mg. The van der Waals surface area contributed by atoms with Crippen LogP contribution >= 0.6 is 48.0 Å². The van der Waals surface area contributed by atoms with Crippen LogP contribution in [0.1, 0.15) is 4.28 Å². The molecule has 22 valence electrons. The zero-order chi connectivity index (χ0) is 0. The van der Waals surface area contributed by atoms with Crippen LogP contribution < -0.4 is 68.9 Å². The first kappa shape index (κ1) is 24.0. The molecule has 0 atom stereocenters. The molecule has 4 heteroatoms. The Hall–Kier alpha value is 4.28. The minimum absolute atomic E-state index is 0. The van der Waals surface area contributed by atoms with Crippen molar-refractivity contribution in [3.05, 3.63) is 0 Å². The van der Waals surface area contributed by atoms with Gasteiger partial charge in [0.1, 0.15) is 0 Å². The Bertz CT molecular complexity index is 12.9. The standard InChI is InChI=1S/Cs.2HI.Mg.3H/h;2*1H;;;;/q+1;;;+2;3*-1. The molecule has 0 amide bonds. The molecule has 0 aliphatic carbocycles. The van der Waals surface area contributed by atoms with Gasteiger partial charge in [-0.25, -0.2) is 0 Å². The molecule has 0 saturated heterocycles. The molecule has 0 aromatic carbocycles. The van der Waals surface area contributed by atoms with E-state index < -0.39 is 0 Å². The number of halogens is 2.